The Morgan fingerprint density at radius 2 is 2.15 bits per heavy atom. The molecule has 2 N–H and O–H groups in total. The molecule has 3 heterocycles. The van der Waals surface area contributed by atoms with Gasteiger partial charge in [-0.25, -0.2) is 23.1 Å². The molecule has 1 fully saturated rings. The average Bonchev–Trinajstić information content (AvgIpc) is 3.29. The third-order valence-electron chi connectivity index (χ3n) is 4.91. The highest BCUT2D eigenvalue weighted by Crippen LogP contribution is 2.32. The first kappa shape index (κ1) is 17.0. The number of aromatic amines is 1. The first-order valence-corrected chi connectivity index (χ1v) is 10.1. The molecule has 1 unspecified atom stereocenters. The Balaban J connectivity index is 1.88. The van der Waals surface area contributed by atoms with Crippen LogP contribution in [0.1, 0.15) is 19.8 Å². The number of anilines is 1. The van der Waals surface area contributed by atoms with Crippen LogP contribution in [0.5, 0.6) is 0 Å². The second-order valence-corrected chi connectivity index (χ2v) is 8.46. The van der Waals surface area contributed by atoms with Crippen LogP contribution in [0.2, 0.25) is 0 Å². The summed E-state index contributed by atoms with van der Waals surface area (Å²) in [5, 5.41) is 0. The number of hydrogen-bond acceptors (Lipinski definition) is 5. The maximum Gasteiger partial charge on any atom is 0.240 e. The Kier molecular flexibility index (Phi) is 4.16. The van der Waals surface area contributed by atoms with Gasteiger partial charge in [-0.05, 0) is 51.1 Å². The van der Waals surface area contributed by atoms with E-state index in [1.165, 1.54) is 7.05 Å². The zero-order valence-electron chi connectivity index (χ0n) is 14.7. The zero-order valence-corrected chi connectivity index (χ0v) is 15.5. The SMILES string of the molecule is CNS(=O)(=O)c1cc(-c2cnc3[nH]ccc3n2)cc(N2CCCC2C)c1. The molecule has 136 valence electrons. The van der Waals surface area contributed by atoms with Crippen LogP contribution in [0.3, 0.4) is 0 Å². The molecule has 3 aromatic rings. The lowest BCUT2D eigenvalue weighted by molar-refractivity contribution is 0.588. The smallest absolute Gasteiger partial charge is 0.240 e. The standard InChI is InChI=1S/C18H21N5O2S/c1-12-4-3-7-23(12)14-8-13(9-15(10-14)26(24,25)19-2)17-11-21-18-16(22-17)5-6-20-18/h5-6,8-12,19H,3-4,7H2,1-2H3,(H,20,21). The molecular formula is C18H21N5O2S. The summed E-state index contributed by atoms with van der Waals surface area (Å²) < 4.78 is 27.3. The maximum atomic E-state index is 12.4. The van der Waals surface area contributed by atoms with E-state index < -0.39 is 10.0 Å². The Morgan fingerprint density at radius 1 is 1.31 bits per heavy atom. The fourth-order valence-corrected chi connectivity index (χ4v) is 4.25. The van der Waals surface area contributed by atoms with Gasteiger partial charge >= 0.3 is 0 Å². The van der Waals surface area contributed by atoms with Gasteiger partial charge in [-0.3, -0.25) is 0 Å². The number of sulfonamides is 1. The molecule has 8 heteroatoms. The van der Waals surface area contributed by atoms with Gasteiger partial charge in [0.25, 0.3) is 0 Å². The van der Waals surface area contributed by atoms with Crippen molar-refractivity contribution in [3.8, 4) is 11.3 Å². The van der Waals surface area contributed by atoms with Gasteiger partial charge in [0.15, 0.2) is 5.65 Å². The van der Waals surface area contributed by atoms with Crippen molar-refractivity contribution < 1.29 is 8.42 Å². The quantitative estimate of drug-likeness (QED) is 0.735. The van der Waals surface area contributed by atoms with Gasteiger partial charge in [-0.1, -0.05) is 0 Å². The van der Waals surface area contributed by atoms with Gasteiger partial charge in [0.2, 0.25) is 10.0 Å². The van der Waals surface area contributed by atoms with Crippen LogP contribution < -0.4 is 9.62 Å². The average molecular weight is 371 g/mol. The molecule has 26 heavy (non-hydrogen) atoms. The van der Waals surface area contributed by atoms with Crippen molar-refractivity contribution in [2.24, 2.45) is 0 Å². The van der Waals surface area contributed by atoms with E-state index in [4.69, 9.17) is 0 Å². The van der Waals surface area contributed by atoms with Crippen LogP contribution >= 0.6 is 0 Å². The summed E-state index contributed by atoms with van der Waals surface area (Å²) in [6.07, 6.45) is 5.66. The summed E-state index contributed by atoms with van der Waals surface area (Å²) in [5.74, 6) is 0. The van der Waals surface area contributed by atoms with Gasteiger partial charge in [0, 0.05) is 30.0 Å². The number of fused-ring (bicyclic) bond motifs is 1. The zero-order chi connectivity index (χ0) is 18.3. The molecule has 0 aliphatic carbocycles. The van der Waals surface area contributed by atoms with Crippen LogP contribution in [0.15, 0.2) is 41.6 Å². The van der Waals surface area contributed by atoms with Crippen molar-refractivity contribution in [2.45, 2.75) is 30.7 Å². The molecule has 0 bridgehead atoms. The number of rotatable bonds is 4. The summed E-state index contributed by atoms with van der Waals surface area (Å²) in [4.78, 5) is 14.5. The topological polar surface area (TPSA) is 91.0 Å². The summed E-state index contributed by atoms with van der Waals surface area (Å²) >= 11 is 0. The van der Waals surface area contributed by atoms with Gasteiger partial charge in [-0.15, -0.1) is 0 Å². The summed E-state index contributed by atoms with van der Waals surface area (Å²) in [6, 6.07) is 7.62. The van der Waals surface area contributed by atoms with Crippen LogP contribution in [-0.2, 0) is 10.0 Å². The van der Waals surface area contributed by atoms with Gasteiger partial charge in [0.1, 0.15) is 5.52 Å². The monoisotopic (exact) mass is 371 g/mol. The molecule has 1 aliphatic rings. The second kappa shape index (κ2) is 6.37. The minimum absolute atomic E-state index is 0.238. The highest BCUT2D eigenvalue weighted by atomic mass is 32.2. The maximum absolute atomic E-state index is 12.4. The molecule has 1 aromatic carbocycles. The first-order valence-electron chi connectivity index (χ1n) is 8.64. The molecule has 1 aliphatic heterocycles. The number of nitrogens with one attached hydrogen (secondary N) is 2. The lowest BCUT2D eigenvalue weighted by Crippen LogP contribution is -2.27. The fourth-order valence-electron chi connectivity index (χ4n) is 3.46. The highest BCUT2D eigenvalue weighted by molar-refractivity contribution is 7.89. The predicted molar refractivity (Wildman–Crippen MR) is 102 cm³/mol. The van der Waals surface area contributed by atoms with Gasteiger partial charge in [-0.2, -0.15) is 0 Å². The molecular weight excluding hydrogens is 350 g/mol. The van der Waals surface area contributed by atoms with Crippen molar-refractivity contribution >= 4 is 26.9 Å². The van der Waals surface area contributed by atoms with E-state index in [9.17, 15) is 8.42 Å². The van der Waals surface area contributed by atoms with E-state index in [0.717, 1.165) is 36.2 Å². The normalized spacial score (nSPS) is 17.9. The molecule has 0 saturated carbocycles. The molecule has 4 rings (SSSR count). The molecule has 0 radical (unpaired) electrons. The lowest BCUT2D eigenvalue weighted by atomic mass is 10.1. The molecule has 0 spiro atoms. The van der Waals surface area contributed by atoms with Gasteiger partial charge < -0.3 is 9.88 Å². The minimum Gasteiger partial charge on any atom is -0.369 e. The largest absolute Gasteiger partial charge is 0.369 e. The van der Waals surface area contributed by atoms with Gasteiger partial charge in [0.05, 0.1) is 16.8 Å². The molecule has 1 atom stereocenters. The van der Waals surface area contributed by atoms with E-state index in [0.29, 0.717) is 17.4 Å². The lowest BCUT2D eigenvalue weighted by Gasteiger charge is -2.25. The molecule has 7 nitrogen and oxygen atoms in total. The first-order chi connectivity index (χ1) is 12.5. The predicted octanol–water partition coefficient (Wildman–Crippen LogP) is 2.52. The van der Waals surface area contributed by atoms with Crippen LogP contribution in [-0.4, -0.2) is 43.0 Å². The third kappa shape index (κ3) is 2.95. The Hall–Kier alpha value is -2.45. The van der Waals surface area contributed by atoms with E-state index in [1.54, 1.807) is 24.5 Å². The number of H-pyrrole nitrogens is 1. The van der Waals surface area contributed by atoms with Crippen LogP contribution in [0, 0.1) is 0 Å². The number of benzene rings is 1. The Morgan fingerprint density at radius 3 is 2.88 bits per heavy atom. The number of hydrogen-bond donors (Lipinski definition) is 2. The second-order valence-electron chi connectivity index (χ2n) is 6.57. The summed E-state index contributed by atoms with van der Waals surface area (Å²) in [7, 11) is -2.14. The van der Waals surface area contributed by atoms with Crippen molar-refractivity contribution in [2.75, 3.05) is 18.5 Å². The fraction of sp³-hybridized carbons (Fsp3) is 0.333. The summed E-state index contributed by atoms with van der Waals surface area (Å²) in [5.41, 5.74) is 3.75. The summed E-state index contributed by atoms with van der Waals surface area (Å²) in [6.45, 7) is 3.09. The minimum atomic E-state index is -3.56. The molecule has 2 aromatic heterocycles. The third-order valence-corrected chi connectivity index (χ3v) is 6.31. The van der Waals surface area contributed by atoms with Crippen LogP contribution in [0.4, 0.5) is 5.69 Å². The van der Waals surface area contributed by atoms with Crippen molar-refractivity contribution in [1.29, 1.82) is 0 Å². The molecule has 0 amide bonds. The van der Waals surface area contributed by atoms with Crippen LogP contribution in [0.25, 0.3) is 22.4 Å². The highest BCUT2D eigenvalue weighted by Gasteiger charge is 2.23. The number of nitrogens with zero attached hydrogens (tertiary/aromatic N) is 3. The number of aromatic nitrogens is 3. The van der Waals surface area contributed by atoms with E-state index >= 15 is 0 Å². The Bertz CT molecular complexity index is 1060. The van der Waals surface area contributed by atoms with E-state index in [2.05, 4.69) is 31.5 Å². The van der Waals surface area contributed by atoms with E-state index in [1.807, 2.05) is 12.1 Å². The molecule has 1 saturated heterocycles. The van der Waals surface area contributed by atoms with Crippen molar-refractivity contribution in [3.05, 3.63) is 36.7 Å². The van der Waals surface area contributed by atoms with Crippen molar-refractivity contribution in [1.82, 2.24) is 19.7 Å². The van der Waals surface area contributed by atoms with E-state index in [-0.39, 0.29) is 4.90 Å². The van der Waals surface area contributed by atoms with Crippen molar-refractivity contribution in [3.63, 3.8) is 0 Å². The Labute approximate surface area is 152 Å².